The molecule has 0 unspecified atom stereocenters. The van der Waals surface area contributed by atoms with Gasteiger partial charge < -0.3 is 15.4 Å². The minimum Gasteiger partial charge on any atom is -0.482 e. The SMILES string of the molecule is Cc1cccc(NC(=O)/C(C#N)=C/c2ccc(OCC(=O)Nc3ccccc3)c(Cl)c2)c1C. The highest BCUT2D eigenvalue weighted by atomic mass is 35.5. The molecule has 0 atom stereocenters. The number of para-hydroxylation sites is 1. The van der Waals surface area contributed by atoms with Crippen molar-refractivity contribution < 1.29 is 14.3 Å². The lowest BCUT2D eigenvalue weighted by atomic mass is 10.1. The Kier molecular flexibility index (Phi) is 7.85. The maximum atomic E-state index is 12.6. The number of carbonyl (C=O) groups is 2. The summed E-state index contributed by atoms with van der Waals surface area (Å²) in [7, 11) is 0. The smallest absolute Gasteiger partial charge is 0.266 e. The van der Waals surface area contributed by atoms with E-state index >= 15 is 0 Å². The average Bonchev–Trinajstić information content (AvgIpc) is 2.80. The Hall–Kier alpha value is -4.08. The van der Waals surface area contributed by atoms with E-state index in [1.807, 2.05) is 50.2 Å². The van der Waals surface area contributed by atoms with Crippen LogP contribution in [0.15, 0.2) is 72.3 Å². The summed E-state index contributed by atoms with van der Waals surface area (Å²) >= 11 is 6.28. The Labute approximate surface area is 197 Å². The van der Waals surface area contributed by atoms with E-state index in [9.17, 15) is 14.9 Å². The molecular weight excluding hydrogens is 438 g/mol. The Morgan fingerprint density at radius 2 is 1.79 bits per heavy atom. The third-order valence-electron chi connectivity index (χ3n) is 4.90. The second-order valence-corrected chi connectivity index (χ2v) is 7.67. The predicted molar refractivity (Wildman–Crippen MR) is 130 cm³/mol. The van der Waals surface area contributed by atoms with E-state index in [-0.39, 0.29) is 23.1 Å². The van der Waals surface area contributed by atoms with Crippen molar-refractivity contribution in [3.8, 4) is 11.8 Å². The van der Waals surface area contributed by atoms with Gasteiger partial charge in [-0.05, 0) is 66.9 Å². The topological polar surface area (TPSA) is 91.2 Å². The highest BCUT2D eigenvalue weighted by molar-refractivity contribution is 6.32. The highest BCUT2D eigenvalue weighted by Gasteiger charge is 2.13. The summed E-state index contributed by atoms with van der Waals surface area (Å²) in [6.07, 6.45) is 1.44. The molecule has 2 N–H and O–H groups in total. The van der Waals surface area contributed by atoms with Gasteiger partial charge in [0.2, 0.25) is 0 Å². The zero-order valence-corrected chi connectivity index (χ0v) is 18.9. The van der Waals surface area contributed by atoms with Crippen LogP contribution in [0.3, 0.4) is 0 Å². The first-order chi connectivity index (χ1) is 15.9. The van der Waals surface area contributed by atoms with Gasteiger partial charge in [-0.2, -0.15) is 5.26 Å². The fourth-order valence-corrected chi connectivity index (χ4v) is 3.22. The Morgan fingerprint density at radius 3 is 2.48 bits per heavy atom. The van der Waals surface area contributed by atoms with Crippen molar-refractivity contribution in [3.63, 3.8) is 0 Å². The van der Waals surface area contributed by atoms with E-state index in [4.69, 9.17) is 16.3 Å². The molecule has 3 aromatic rings. The molecule has 0 spiro atoms. The number of aryl methyl sites for hydroxylation is 1. The van der Waals surface area contributed by atoms with Crippen molar-refractivity contribution in [3.05, 3.63) is 94.0 Å². The summed E-state index contributed by atoms with van der Waals surface area (Å²) in [6, 6.07) is 21.3. The Bertz CT molecular complexity index is 1250. The molecule has 166 valence electrons. The fraction of sp³-hybridized carbons (Fsp3) is 0.115. The lowest BCUT2D eigenvalue weighted by Crippen LogP contribution is -2.20. The maximum absolute atomic E-state index is 12.6. The van der Waals surface area contributed by atoms with Crippen LogP contribution < -0.4 is 15.4 Å². The molecule has 33 heavy (non-hydrogen) atoms. The number of ether oxygens (including phenoxy) is 1. The van der Waals surface area contributed by atoms with Gasteiger partial charge in [0.1, 0.15) is 17.4 Å². The molecule has 0 aliphatic carbocycles. The summed E-state index contributed by atoms with van der Waals surface area (Å²) in [5.41, 5.74) is 3.77. The first kappa shape index (κ1) is 23.6. The highest BCUT2D eigenvalue weighted by Crippen LogP contribution is 2.27. The molecule has 0 radical (unpaired) electrons. The summed E-state index contributed by atoms with van der Waals surface area (Å²) < 4.78 is 5.50. The number of anilines is 2. The van der Waals surface area contributed by atoms with Gasteiger partial charge in [0.25, 0.3) is 11.8 Å². The molecule has 0 saturated carbocycles. The molecule has 7 heteroatoms. The van der Waals surface area contributed by atoms with Crippen molar-refractivity contribution in [2.24, 2.45) is 0 Å². The number of halogens is 1. The largest absolute Gasteiger partial charge is 0.482 e. The standard InChI is InChI=1S/C26H22ClN3O3/c1-17-7-6-10-23(18(17)2)30-26(32)20(15-28)13-19-11-12-24(22(27)14-19)33-16-25(31)29-21-8-4-3-5-9-21/h3-14H,16H2,1-2H3,(H,29,31)(H,30,32)/b20-13+. The number of hydrogen-bond donors (Lipinski definition) is 2. The Morgan fingerprint density at radius 1 is 1.03 bits per heavy atom. The third kappa shape index (κ3) is 6.45. The van der Waals surface area contributed by atoms with Crippen LogP contribution in [0.2, 0.25) is 5.02 Å². The van der Waals surface area contributed by atoms with Gasteiger partial charge in [-0.1, -0.05) is 48.0 Å². The van der Waals surface area contributed by atoms with E-state index in [0.29, 0.717) is 22.7 Å². The summed E-state index contributed by atoms with van der Waals surface area (Å²) in [5.74, 6) is -0.522. The maximum Gasteiger partial charge on any atom is 0.266 e. The number of nitriles is 1. The van der Waals surface area contributed by atoms with Crippen LogP contribution in [0.1, 0.15) is 16.7 Å². The predicted octanol–water partition coefficient (Wildman–Crippen LogP) is 5.52. The molecule has 6 nitrogen and oxygen atoms in total. The molecule has 3 rings (SSSR count). The van der Waals surface area contributed by atoms with Gasteiger partial charge in [0, 0.05) is 11.4 Å². The average molecular weight is 460 g/mol. The first-order valence-corrected chi connectivity index (χ1v) is 10.5. The van der Waals surface area contributed by atoms with Crippen LogP contribution in [-0.2, 0) is 9.59 Å². The number of hydrogen-bond acceptors (Lipinski definition) is 4. The number of nitrogens with zero attached hydrogens (tertiary/aromatic N) is 1. The summed E-state index contributed by atoms with van der Waals surface area (Å²) in [6.45, 7) is 3.63. The second-order valence-electron chi connectivity index (χ2n) is 7.26. The van der Waals surface area contributed by atoms with Crippen LogP contribution >= 0.6 is 11.6 Å². The summed E-state index contributed by atoms with van der Waals surface area (Å²) in [5, 5.41) is 15.2. The van der Waals surface area contributed by atoms with E-state index in [1.54, 1.807) is 36.4 Å². The van der Waals surface area contributed by atoms with E-state index in [1.165, 1.54) is 6.08 Å². The van der Waals surface area contributed by atoms with Gasteiger partial charge in [-0.3, -0.25) is 9.59 Å². The molecule has 2 amide bonds. The number of nitrogens with one attached hydrogen (secondary N) is 2. The zero-order chi connectivity index (χ0) is 23.8. The monoisotopic (exact) mass is 459 g/mol. The van der Waals surface area contributed by atoms with Crippen molar-refractivity contribution in [1.82, 2.24) is 0 Å². The molecule has 0 aliphatic heterocycles. The lowest BCUT2D eigenvalue weighted by molar-refractivity contribution is -0.118. The zero-order valence-electron chi connectivity index (χ0n) is 18.2. The van der Waals surface area contributed by atoms with Crippen molar-refractivity contribution >= 4 is 40.9 Å². The van der Waals surface area contributed by atoms with Crippen LogP contribution in [0.4, 0.5) is 11.4 Å². The number of rotatable bonds is 7. The van der Waals surface area contributed by atoms with Gasteiger partial charge in [-0.15, -0.1) is 0 Å². The summed E-state index contributed by atoms with van der Waals surface area (Å²) in [4.78, 5) is 24.6. The van der Waals surface area contributed by atoms with Crippen LogP contribution in [0, 0.1) is 25.2 Å². The minimum absolute atomic E-state index is 0.0668. The minimum atomic E-state index is -0.514. The molecule has 3 aromatic carbocycles. The van der Waals surface area contributed by atoms with E-state index in [0.717, 1.165) is 11.1 Å². The molecule has 0 fully saturated rings. The van der Waals surface area contributed by atoms with Gasteiger partial charge >= 0.3 is 0 Å². The van der Waals surface area contributed by atoms with Crippen LogP contribution in [0.25, 0.3) is 6.08 Å². The quantitative estimate of drug-likeness (QED) is 0.359. The van der Waals surface area contributed by atoms with Crippen molar-refractivity contribution in [2.75, 3.05) is 17.2 Å². The number of carbonyl (C=O) groups excluding carboxylic acids is 2. The number of amides is 2. The van der Waals surface area contributed by atoms with E-state index in [2.05, 4.69) is 10.6 Å². The molecule has 0 aromatic heterocycles. The van der Waals surface area contributed by atoms with Crippen LogP contribution in [0.5, 0.6) is 5.75 Å². The van der Waals surface area contributed by atoms with E-state index < -0.39 is 5.91 Å². The fourth-order valence-electron chi connectivity index (χ4n) is 2.98. The van der Waals surface area contributed by atoms with Crippen LogP contribution in [-0.4, -0.2) is 18.4 Å². The Balaban J connectivity index is 1.66. The van der Waals surface area contributed by atoms with Crippen molar-refractivity contribution in [2.45, 2.75) is 13.8 Å². The third-order valence-corrected chi connectivity index (χ3v) is 5.20. The van der Waals surface area contributed by atoms with Gasteiger partial charge in [0.15, 0.2) is 6.61 Å². The van der Waals surface area contributed by atoms with Crippen molar-refractivity contribution in [1.29, 1.82) is 5.26 Å². The molecule has 0 bridgehead atoms. The number of benzene rings is 3. The van der Waals surface area contributed by atoms with Gasteiger partial charge in [-0.25, -0.2) is 0 Å². The molecular formula is C26H22ClN3O3. The normalized spacial score (nSPS) is 10.8. The molecule has 0 aliphatic rings. The second kappa shape index (κ2) is 11.0. The first-order valence-electron chi connectivity index (χ1n) is 10.1. The van der Waals surface area contributed by atoms with Gasteiger partial charge in [0.05, 0.1) is 5.02 Å². The molecule has 0 heterocycles. The molecule has 0 saturated heterocycles. The lowest BCUT2D eigenvalue weighted by Gasteiger charge is -2.10.